The van der Waals surface area contributed by atoms with Gasteiger partial charge >= 0.3 is 0 Å². The molecule has 2 heteroatoms. The van der Waals surface area contributed by atoms with Crippen molar-refractivity contribution >= 4 is 0 Å². The van der Waals surface area contributed by atoms with Gasteiger partial charge in [0.25, 0.3) is 0 Å². The molecule has 2 rings (SSSR count). The molecule has 100 valence electrons. The fraction of sp³-hybridized carbons (Fsp3) is 0.294. The lowest BCUT2D eigenvalue weighted by molar-refractivity contribution is 0.108. The first-order valence-corrected chi connectivity index (χ1v) is 6.68. The molecule has 1 unspecified atom stereocenters. The number of aryl methyl sites for hydroxylation is 1. The van der Waals surface area contributed by atoms with Crippen molar-refractivity contribution in [3.63, 3.8) is 0 Å². The Morgan fingerprint density at radius 3 is 2.32 bits per heavy atom. The summed E-state index contributed by atoms with van der Waals surface area (Å²) < 4.78 is 5.78. The van der Waals surface area contributed by atoms with E-state index < -0.39 is 0 Å². The average Bonchev–Trinajstić information content (AvgIpc) is 2.46. The highest BCUT2D eigenvalue weighted by Crippen LogP contribution is 2.16. The quantitative estimate of drug-likeness (QED) is 0.860. The molecule has 1 atom stereocenters. The van der Waals surface area contributed by atoms with E-state index in [1.54, 1.807) is 0 Å². The number of hydrogen-bond acceptors (Lipinski definition) is 2. The first-order valence-electron chi connectivity index (χ1n) is 6.68. The Labute approximate surface area is 115 Å². The van der Waals surface area contributed by atoms with Crippen molar-refractivity contribution < 1.29 is 4.74 Å². The Kier molecular flexibility index (Phi) is 5.13. The van der Waals surface area contributed by atoms with Gasteiger partial charge in [-0.15, -0.1) is 0 Å². The molecule has 0 amide bonds. The van der Waals surface area contributed by atoms with Gasteiger partial charge in [-0.25, -0.2) is 0 Å². The van der Waals surface area contributed by atoms with Crippen LogP contribution in [-0.2, 0) is 11.3 Å². The Hall–Kier alpha value is -1.64. The summed E-state index contributed by atoms with van der Waals surface area (Å²) in [5, 5.41) is 0. The summed E-state index contributed by atoms with van der Waals surface area (Å²) in [5.41, 5.74) is 9.56. The van der Waals surface area contributed by atoms with Crippen LogP contribution in [0.1, 0.15) is 22.6 Å². The van der Waals surface area contributed by atoms with Gasteiger partial charge in [0.1, 0.15) is 0 Å². The minimum Gasteiger partial charge on any atom is -0.376 e. The molecule has 0 fully saturated rings. The molecule has 0 bridgehead atoms. The van der Waals surface area contributed by atoms with Crippen molar-refractivity contribution in [3.8, 4) is 0 Å². The lowest BCUT2D eigenvalue weighted by atomic mass is 9.99. The maximum atomic E-state index is 5.84. The van der Waals surface area contributed by atoms with Gasteiger partial charge in [0.05, 0.1) is 13.2 Å². The van der Waals surface area contributed by atoms with E-state index in [1.807, 2.05) is 18.2 Å². The molecule has 0 saturated carbocycles. The molecule has 0 aliphatic rings. The maximum Gasteiger partial charge on any atom is 0.0717 e. The van der Waals surface area contributed by atoms with Crippen LogP contribution in [0.4, 0.5) is 0 Å². The largest absolute Gasteiger partial charge is 0.376 e. The molecule has 0 aliphatic carbocycles. The van der Waals surface area contributed by atoms with E-state index in [0.717, 1.165) is 0 Å². The number of rotatable bonds is 6. The summed E-state index contributed by atoms with van der Waals surface area (Å²) in [4.78, 5) is 0. The molecule has 2 aromatic rings. The topological polar surface area (TPSA) is 35.2 Å². The van der Waals surface area contributed by atoms with Crippen molar-refractivity contribution in [2.45, 2.75) is 19.4 Å². The third-order valence-corrected chi connectivity index (χ3v) is 3.26. The molecular weight excluding hydrogens is 234 g/mol. The third-order valence-electron chi connectivity index (χ3n) is 3.26. The van der Waals surface area contributed by atoms with Crippen LogP contribution < -0.4 is 5.73 Å². The monoisotopic (exact) mass is 255 g/mol. The fourth-order valence-electron chi connectivity index (χ4n) is 2.03. The second-order valence-electron chi connectivity index (χ2n) is 4.84. The van der Waals surface area contributed by atoms with Gasteiger partial charge in [0.2, 0.25) is 0 Å². The number of benzene rings is 2. The first-order chi connectivity index (χ1) is 9.29. The lowest BCUT2D eigenvalue weighted by Gasteiger charge is -2.16. The third kappa shape index (κ3) is 4.19. The van der Waals surface area contributed by atoms with Crippen LogP contribution in [0.15, 0.2) is 54.6 Å². The van der Waals surface area contributed by atoms with Gasteiger partial charge in [-0.1, -0.05) is 60.2 Å². The summed E-state index contributed by atoms with van der Waals surface area (Å²) in [6.45, 7) is 4.00. The van der Waals surface area contributed by atoms with Crippen LogP contribution in [0.5, 0.6) is 0 Å². The average molecular weight is 255 g/mol. The van der Waals surface area contributed by atoms with Crippen molar-refractivity contribution in [1.82, 2.24) is 0 Å². The number of hydrogen-bond donors (Lipinski definition) is 1. The van der Waals surface area contributed by atoms with Crippen molar-refractivity contribution in [2.24, 2.45) is 5.73 Å². The molecule has 2 N–H and O–H groups in total. The zero-order valence-corrected chi connectivity index (χ0v) is 11.4. The standard InChI is InChI=1S/C17H21NO/c1-14-7-9-16(10-8-14)17(11-18)13-19-12-15-5-3-2-4-6-15/h2-10,17H,11-13,18H2,1H3. The first kappa shape index (κ1) is 13.8. The van der Waals surface area contributed by atoms with Gasteiger partial charge in [-0.2, -0.15) is 0 Å². The summed E-state index contributed by atoms with van der Waals surface area (Å²) in [6.07, 6.45) is 0. The molecule has 0 aliphatic heterocycles. The molecule has 19 heavy (non-hydrogen) atoms. The summed E-state index contributed by atoms with van der Waals surface area (Å²) >= 11 is 0. The van der Waals surface area contributed by atoms with Crippen molar-refractivity contribution in [1.29, 1.82) is 0 Å². The fourth-order valence-corrected chi connectivity index (χ4v) is 2.03. The van der Waals surface area contributed by atoms with E-state index in [-0.39, 0.29) is 5.92 Å². The highest BCUT2D eigenvalue weighted by Gasteiger charge is 2.09. The molecule has 0 heterocycles. The zero-order chi connectivity index (χ0) is 13.5. The van der Waals surface area contributed by atoms with Crippen LogP contribution in [0.25, 0.3) is 0 Å². The Bertz CT molecular complexity index is 478. The van der Waals surface area contributed by atoms with Crippen molar-refractivity contribution in [2.75, 3.05) is 13.2 Å². The molecule has 0 radical (unpaired) electrons. The van der Waals surface area contributed by atoms with E-state index >= 15 is 0 Å². The van der Waals surface area contributed by atoms with Crippen LogP contribution in [0.3, 0.4) is 0 Å². The number of nitrogens with two attached hydrogens (primary N) is 1. The van der Waals surface area contributed by atoms with Crippen LogP contribution >= 0.6 is 0 Å². The molecule has 2 nitrogen and oxygen atoms in total. The Balaban J connectivity index is 1.87. The summed E-state index contributed by atoms with van der Waals surface area (Å²) in [5.74, 6) is 0.268. The van der Waals surface area contributed by atoms with E-state index in [4.69, 9.17) is 10.5 Å². The molecule has 0 spiro atoms. The van der Waals surface area contributed by atoms with E-state index in [2.05, 4.69) is 43.3 Å². The van der Waals surface area contributed by atoms with Gasteiger partial charge < -0.3 is 10.5 Å². The maximum absolute atomic E-state index is 5.84. The van der Waals surface area contributed by atoms with E-state index in [1.165, 1.54) is 16.7 Å². The molecule has 2 aromatic carbocycles. The van der Waals surface area contributed by atoms with Crippen LogP contribution in [0, 0.1) is 6.92 Å². The van der Waals surface area contributed by atoms with E-state index in [0.29, 0.717) is 19.8 Å². The minimum absolute atomic E-state index is 0.268. The van der Waals surface area contributed by atoms with Gasteiger partial charge in [0.15, 0.2) is 0 Å². The van der Waals surface area contributed by atoms with Crippen LogP contribution in [-0.4, -0.2) is 13.2 Å². The molecule has 0 aromatic heterocycles. The van der Waals surface area contributed by atoms with Crippen LogP contribution in [0.2, 0.25) is 0 Å². The SMILES string of the molecule is Cc1ccc(C(CN)COCc2ccccc2)cc1. The Morgan fingerprint density at radius 1 is 1.00 bits per heavy atom. The Morgan fingerprint density at radius 2 is 1.68 bits per heavy atom. The predicted octanol–water partition coefficient (Wildman–Crippen LogP) is 3.25. The summed E-state index contributed by atoms with van der Waals surface area (Å²) in [6, 6.07) is 18.7. The van der Waals surface area contributed by atoms with Gasteiger partial charge in [0, 0.05) is 12.5 Å². The van der Waals surface area contributed by atoms with Gasteiger partial charge in [-0.05, 0) is 18.1 Å². The smallest absolute Gasteiger partial charge is 0.0717 e. The highest BCUT2D eigenvalue weighted by molar-refractivity contribution is 5.24. The second kappa shape index (κ2) is 7.07. The summed E-state index contributed by atoms with van der Waals surface area (Å²) in [7, 11) is 0. The molecule has 0 saturated heterocycles. The highest BCUT2D eigenvalue weighted by atomic mass is 16.5. The van der Waals surface area contributed by atoms with E-state index in [9.17, 15) is 0 Å². The lowest BCUT2D eigenvalue weighted by Crippen LogP contribution is -2.18. The zero-order valence-electron chi connectivity index (χ0n) is 11.4. The number of ether oxygens (including phenoxy) is 1. The minimum atomic E-state index is 0.268. The normalized spacial score (nSPS) is 12.3. The second-order valence-corrected chi connectivity index (χ2v) is 4.84. The predicted molar refractivity (Wildman–Crippen MR) is 79.1 cm³/mol. The molecular formula is C17H21NO. The van der Waals surface area contributed by atoms with Crippen molar-refractivity contribution in [3.05, 3.63) is 71.3 Å². The van der Waals surface area contributed by atoms with Gasteiger partial charge in [-0.3, -0.25) is 0 Å².